The van der Waals surface area contributed by atoms with Gasteiger partial charge in [0.05, 0.1) is 46.8 Å². The summed E-state index contributed by atoms with van der Waals surface area (Å²) in [6.45, 7) is 0.187. The van der Waals surface area contributed by atoms with E-state index in [1.54, 1.807) is 0 Å². The molecule has 0 saturated carbocycles. The van der Waals surface area contributed by atoms with Crippen molar-refractivity contribution in [2.45, 2.75) is 98.2 Å². The number of hydrogen-bond donors (Lipinski definition) is 1. The molecule has 7 rings (SSSR count). The molecule has 68 heavy (non-hydrogen) atoms. The van der Waals surface area contributed by atoms with Crippen molar-refractivity contribution in [2.24, 2.45) is 5.11 Å². The molecule has 2 fully saturated rings. The molecule has 2 aliphatic rings. The summed E-state index contributed by atoms with van der Waals surface area (Å²) >= 11 is 18.3. The van der Waals surface area contributed by atoms with Gasteiger partial charge in [0.25, 0.3) is 3.79 Å². The third-order valence-corrected chi connectivity index (χ3v) is 11.6. The zero-order valence-electron chi connectivity index (χ0n) is 36.9. The molecule has 0 aliphatic carbocycles. The van der Waals surface area contributed by atoms with Crippen molar-refractivity contribution in [1.82, 2.24) is 0 Å². The molecule has 0 amide bonds. The summed E-state index contributed by atoms with van der Waals surface area (Å²) < 4.78 is 62.3. The number of alkyl halides is 3. The highest BCUT2D eigenvalue weighted by Gasteiger charge is 2.56. The highest BCUT2D eigenvalue weighted by atomic mass is 35.6. The summed E-state index contributed by atoms with van der Waals surface area (Å²) in [7, 11) is 1.25. The quantitative estimate of drug-likeness (QED) is 0.0141. The number of carbonyl (C=O) groups is 1. The van der Waals surface area contributed by atoms with Crippen LogP contribution in [0, 0.1) is 5.41 Å². The Morgan fingerprint density at radius 2 is 1.03 bits per heavy atom. The molecule has 0 aromatic heterocycles. The Balaban J connectivity index is 1.31. The molecule has 5 aromatic carbocycles. The van der Waals surface area contributed by atoms with E-state index in [4.69, 9.17) is 87.6 Å². The highest BCUT2D eigenvalue weighted by Crippen LogP contribution is 2.38. The first-order valence-corrected chi connectivity index (χ1v) is 22.9. The van der Waals surface area contributed by atoms with Gasteiger partial charge >= 0.3 is 5.97 Å². The zero-order valence-corrected chi connectivity index (χ0v) is 39.2. The van der Waals surface area contributed by atoms with Gasteiger partial charge in [0.2, 0.25) is 12.2 Å². The summed E-state index contributed by atoms with van der Waals surface area (Å²) in [6, 6.07) is 45.8. The van der Waals surface area contributed by atoms with Crippen LogP contribution in [0.15, 0.2) is 157 Å². The molecule has 0 spiro atoms. The minimum absolute atomic E-state index is 0.0164. The molecule has 2 heterocycles. The van der Waals surface area contributed by atoms with Crippen LogP contribution in [0.1, 0.15) is 27.8 Å². The van der Waals surface area contributed by atoms with Gasteiger partial charge < -0.3 is 47.4 Å². The molecule has 2 aliphatic heterocycles. The molecule has 5 aromatic rings. The van der Waals surface area contributed by atoms with E-state index in [1.165, 1.54) is 7.11 Å². The SMILES string of the molecule is COC(=O)[C@@H]1O[C@@H](O[C@H]2[C@H](OCc3ccccc3)[C@@H](N=[N+]=[N-])[C@H](OC(=N)C(Cl)(Cl)Cl)O[C@@H]2COCc2ccccc2)[C@H](OCc2ccccc2)[C@@H](OCc2ccccc2)[C@@H]1OCc1ccccc1. The number of rotatable bonds is 21. The third kappa shape index (κ3) is 14.2. The van der Waals surface area contributed by atoms with Gasteiger partial charge in [-0.25, -0.2) is 4.79 Å². The first-order chi connectivity index (χ1) is 33.1. The molecule has 18 heteroatoms. The van der Waals surface area contributed by atoms with E-state index in [9.17, 15) is 10.3 Å². The highest BCUT2D eigenvalue weighted by molar-refractivity contribution is 6.76. The maximum Gasteiger partial charge on any atom is 0.337 e. The smallest absolute Gasteiger partial charge is 0.337 e. The van der Waals surface area contributed by atoms with Crippen LogP contribution in [0.2, 0.25) is 0 Å². The number of azide groups is 1. The van der Waals surface area contributed by atoms with E-state index in [-0.39, 0.29) is 39.6 Å². The molecule has 0 radical (unpaired) electrons. The first-order valence-electron chi connectivity index (χ1n) is 21.8. The van der Waals surface area contributed by atoms with E-state index < -0.39 is 77.0 Å². The van der Waals surface area contributed by atoms with Gasteiger partial charge in [-0.2, -0.15) is 0 Å². The summed E-state index contributed by atoms with van der Waals surface area (Å²) in [5.74, 6) is -1.57. The fraction of sp³-hybridized carbons (Fsp3) is 0.360. The van der Waals surface area contributed by atoms with Gasteiger partial charge in [-0.1, -0.05) is 192 Å². The third-order valence-electron chi connectivity index (χ3n) is 11.0. The van der Waals surface area contributed by atoms with Crippen molar-refractivity contribution < 1.29 is 52.2 Å². The van der Waals surface area contributed by atoms with Crippen molar-refractivity contribution in [2.75, 3.05) is 13.7 Å². The van der Waals surface area contributed by atoms with Gasteiger partial charge in [0.15, 0.2) is 12.4 Å². The maximum absolute atomic E-state index is 14.0. The number of nitrogens with one attached hydrogen (secondary N) is 1. The van der Waals surface area contributed by atoms with Crippen LogP contribution in [-0.2, 0) is 85.2 Å². The van der Waals surface area contributed by atoms with Crippen LogP contribution in [0.25, 0.3) is 10.4 Å². The maximum atomic E-state index is 14.0. The molecule has 0 unspecified atom stereocenters. The number of halogens is 3. The Morgan fingerprint density at radius 1 is 0.603 bits per heavy atom. The fourth-order valence-corrected chi connectivity index (χ4v) is 7.84. The second-order valence-corrected chi connectivity index (χ2v) is 18.1. The average molecular weight is 990 g/mol. The lowest BCUT2D eigenvalue weighted by atomic mass is 9.95. The molecule has 2 saturated heterocycles. The van der Waals surface area contributed by atoms with E-state index in [1.807, 2.05) is 152 Å². The molecule has 10 atom stereocenters. The summed E-state index contributed by atoms with van der Waals surface area (Å²) in [5, 5.41) is 12.5. The van der Waals surface area contributed by atoms with Crippen molar-refractivity contribution in [3.63, 3.8) is 0 Å². The normalized spacial score (nSPS) is 24.9. The number of benzene rings is 5. The van der Waals surface area contributed by atoms with E-state index in [0.29, 0.717) is 0 Å². The van der Waals surface area contributed by atoms with Gasteiger partial charge in [0.1, 0.15) is 42.7 Å². The summed E-state index contributed by atoms with van der Waals surface area (Å²) in [4.78, 5) is 17.1. The zero-order chi connectivity index (χ0) is 47.7. The number of nitrogens with zero attached hydrogens (tertiary/aromatic N) is 3. The van der Waals surface area contributed by atoms with Crippen molar-refractivity contribution in [3.05, 3.63) is 190 Å². The van der Waals surface area contributed by atoms with Crippen LogP contribution in [0.4, 0.5) is 0 Å². The predicted octanol–water partition coefficient (Wildman–Crippen LogP) is 9.60. The summed E-state index contributed by atoms with van der Waals surface area (Å²) in [6.07, 6.45) is -11.4. The van der Waals surface area contributed by atoms with E-state index in [2.05, 4.69) is 10.0 Å². The lowest BCUT2D eigenvalue weighted by molar-refractivity contribution is -0.356. The van der Waals surface area contributed by atoms with Crippen LogP contribution in [-0.4, -0.2) is 90.7 Å². The van der Waals surface area contributed by atoms with Gasteiger partial charge in [-0.05, 0) is 33.3 Å². The number of esters is 1. The number of ether oxygens (including phenoxy) is 10. The van der Waals surface area contributed by atoms with Crippen LogP contribution >= 0.6 is 34.8 Å². The van der Waals surface area contributed by atoms with Gasteiger partial charge in [-0.3, -0.25) is 5.41 Å². The molecular weight excluding hydrogens is 939 g/mol. The number of methoxy groups -OCH3 is 1. The molecule has 15 nitrogen and oxygen atoms in total. The van der Waals surface area contributed by atoms with Crippen LogP contribution < -0.4 is 0 Å². The monoisotopic (exact) mass is 988 g/mol. The Hall–Kier alpha value is -5.10. The fourth-order valence-electron chi connectivity index (χ4n) is 7.71. The second-order valence-electron chi connectivity index (χ2n) is 15.8. The van der Waals surface area contributed by atoms with Crippen molar-refractivity contribution in [3.8, 4) is 0 Å². The molecule has 0 bridgehead atoms. The topological polar surface area (TPSA) is 182 Å². The van der Waals surface area contributed by atoms with Crippen LogP contribution in [0.5, 0.6) is 0 Å². The Kier molecular flexibility index (Phi) is 19.0. The largest absolute Gasteiger partial charge is 0.467 e. The molecule has 358 valence electrons. The van der Waals surface area contributed by atoms with Gasteiger partial charge in [0, 0.05) is 4.91 Å². The number of carbonyl (C=O) groups excluding carboxylic acids is 1. The number of hydrogen-bond acceptors (Lipinski definition) is 13. The lowest BCUT2D eigenvalue weighted by Crippen LogP contribution is -2.66. The van der Waals surface area contributed by atoms with Crippen molar-refractivity contribution >= 4 is 46.7 Å². The summed E-state index contributed by atoms with van der Waals surface area (Å²) in [5.41, 5.74) is 14.1. The minimum atomic E-state index is -2.31. The van der Waals surface area contributed by atoms with Crippen LogP contribution in [0.3, 0.4) is 0 Å². The Bertz CT molecular complexity index is 2350. The minimum Gasteiger partial charge on any atom is -0.467 e. The van der Waals surface area contributed by atoms with E-state index in [0.717, 1.165) is 27.8 Å². The molecule has 1 N–H and O–H groups in total. The molecular formula is C50H51Cl3N4O11. The van der Waals surface area contributed by atoms with E-state index >= 15 is 0 Å². The Morgan fingerprint density at radius 3 is 1.47 bits per heavy atom. The average Bonchev–Trinajstić information content (AvgIpc) is 3.36. The standard InChI is InChI=1S/C50H51Cl3N4O11/c1-59-46(58)44-42(62-29-35-21-11-4-12-22-35)43(63-30-36-23-13-5-14-24-36)45(64-31-37-25-15-6-16-26-37)48(67-44)66-40-38(32-60-27-33-17-7-2-8-18-33)65-47(68-49(54)50(51,52)53)39(56-57-55)41(40)61-28-34-19-9-3-10-20-34/h2-26,38-45,47-48,54H,27-32H2,1H3/t38-,39-,40-,41-,42+,43+,44-,45-,47+,48-/m1/s1. The first kappa shape index (κ1) is 50.8. The van der Waals surface area contributed by atoms with Crippen molar-refractivity contribution in [1.29, 1.82) is 5.41 Å². The lowest BCUT2D eigenvalue weighted by Gasteiger charge is -2.49. The second kappa shape index (κ2) is 25.5. The predicted molar refractivity (Wildman–Crippen MR) is 252 cm³/mol. The van der Waals surface area contributed by atoms with Gasteiger partial charge in [-0.15, -0.1) is 0 Å². The Labute approximate surface area is 409 Å².